The van der Waals surface area contributed by atoms with E-state index >= 15 is 0 Å². The minimum Gasteiger partial charge on any atom is -0.308 e. The molecule has 2 aliphatic rings. The fourth-order valence-corrected chi connectivity index (χ4v) is 5.54. The van der Waals surface area contributed by atoms with Gasteiger partial charge < -0.3 is 9.80 Å². The molecule has 1 atom stereocenters. The van der Waals surface area contributed by atoms with Gasteiger partial charge in [0.2, 0.25) is 11.8 Å². The van der Waals surface area contributed by atoms with Gasteiger partial charge in [0.15, 0.2) is 9.84 Å². The molecule has 2 aromatic rings. The zero-order valence-electron chi connectivity index (χ0n) is 19.0. The summed E-state index contributed by atoms with van der Waals surface area (Å²) in [7, 11) is -3.34. The summed E-state index contributed by atoms with van der Waals surface area (Å²) in [4.78, 5) is 29.4. The normalized spacial score (nSPS) is 19.0. The molecule has 1 aliphatic carbocycles. The molecule has 7 heteroatoms. The quantitative estimate of drug-likeness (QED) is 0.685. The zero-order chi connectivity index (χ0) is 23.2. The number of nitrogens with zero attached hydrogens (tertiary/aromatic N) is 2. The first-order valence-corrected chi connectivity index (χ1v) is 12.8. The van der Waals surface area contributed by atoms with Crippen LogP contribution in [0.4, 0.5) is 11.4 Å². The molecule has 32 heavy (non-hydrogen) atoms. The SMILES string of the molecule is CC(=O)N1c2ccc(-c3ccc(S(=O)(=O)C(C)C)cc3)cc2N(C(=O)C2CCC2)CC1C. The molecule has 1 saturated carbocycles. The second kappa shape index (κ2) is 8.35. The highest BCUT2D eigenvalue weighted by Gasteiger charge is 2.37. The lowest BCUT2D eigenvalue weighted by molar-refractivity contribution is -0.125. The van der Waals surface area contributed by atoms with Gasteiger partial charge in [-0.3, -0.25) is 9.59 Å². The molecular weight excluding hydrogens is 424 g/mol. The van der Waals surface area contributed by atoms with E-state index in [1.165, 1.54) is 0 Å². The Hall–Kier alpha value is -2.67. The molecule has 170 valence electrons. The van der Waals surface area contributed by atoms with Crippen LogP contribution in [0.15, 0.2) is 47.4 Å². The second-order valence-corrected chi connectivity index (χ2v) is 11.6. The van der Waals surface area contributed by atoms with Crippen molar-refractivity contribution in [1.82, 2.24) is 0 Å². The van der Waals surface area contributed by atoms with Gasteiger partial charge in [-0.2, -0.15) is 0 Å². The lowest BCUT2D eigenvalue weighted by Gasteiger charge is -2.43. The Bertz CT molecular complexity index is 1150. The highest BCUT2D eigenvalue weighted by Crippen LogP contribution is 2.41. The van der Waals surface area contributed by atoms with Gasteiger partial charge in [-0.15, -0.1) is 0 Å². The van der Waals surface area contributed by atoms with Crippen molar-refractivity contribution in [3.05, 3.63) is 42.5 Å². The van der Waals surface area contributed by atoms with Crippen molar-refractivity contribution in [1.29, 1.82) is 0 Å². The maximum absolute atomic E-state index is 13.2. The second-order valence-electron chi connectivity index (χ2n) is 9.14. The third kappa shape index (κ3) is 3.83. The number of carbonyl (C=O) groups excluding carboxylic acids is 2. The van der Waals surface area contributed by atoms with Crippen LogP contribution in [0, 0.1) is 5.92 Å². The summed E-state index contributed by atoms with van der Waals surface area (Å²) in [6.45, 7) is 7.32. The Morgan fingerprint density at radius 2 is 1.59 bits per heavy atom. The number of hydrogen-bond donors (Lipinski definition) is 0. The molecule has 6 nitrogen and oxygen atoms in total. The summed E-state index contributed by atoms with van der Waals surface area (Å²) in [5.74, 6) is 0.136. The molecular formula is C25H30N2O4S. The molecule has 0 radical (unpaired) electrons. The Kier molecular flexibility index (Phi) is 5.88. The number of rotatable bonds is 4. The van der Waals surface area contributed by atoms with E-state index in [0.717, 1.165) is 41.8 Å². The van der Waals surface area contributed by atoms with Crippen molar-refractivity contribution in [3.8, 4) is 11.1 Å². The van der Waals surface area contributed by atoms with E-state index in [1.54, 1.807) is 49.9 Å². The van der Waals surface area contributed by atoms with Crippen LogP contribution in [0.2, 0.25) is 0 Å². The van der Waals surface area contributed by atoms with Gasteiger partial charge in [-0.05, 0) is 69.0 Å². The molecule has 1 heterocycles. The van der Waals surface area contributed by atoms with E-state index in [2.05, 4.69) is 0 Å². The largest absolute Gasteiger partial charge is 0.308 e. The molecule has 1 aliphatic heterocycles. The topological polar surface area (TPSA) is 74.8 Å². The molecule has 2 aromatic carbocycles. The first-order valence-electron chi connectivity index (χ1n) is 11.2. The van der Waals surface area contributed by atoms with Gasteiger partial charge in [0.25, 0.3) is 0 Å². The summed E-state index contributed by atoms with van der Waals surface area (Å²) in [5, 5.41) is -0.484. The molecule has 0 aromatic heterocycles. The van der Waals surface area contributed by atoms with Gasteiger partial charge in [-0.1, -0.05) is 24.6 Å². The van der Waals surface area contributed by atoms with Gasteiger partial charge in [0, 0.05) is 19.4 Å². The standard InChI is InChI=1S/C25H30N2O4S/c1-16(2)32(30,31)22-11-8-19(9-12-22)21-10-13-23-24(14-21)26(25(29)20-6-5-7-20)15-17(3)27(23)18(4)28/h8-14,16-17,20H,5-7,15H2,1-4H3. The zero-order valence-corrected chi connectivity index (χ0v) is 19.9. The Morgan fingerprint density at radius 3 is 2.12 bits per heavy atom. The summed E-state index contributed by atoms with van der Waals surface area (Å²) >= 11 is 0. The van der Waals surface area contributed by atoms with Crippen LogP contribution in [0.25, 0.3) is 11.1 Å². The number of carbonyl (C=O) groups is 2. The third-order valence-corrected chi connectivity index (χ3v) is 8.78. The molecule has 0 bridgehead atoms. The van der Waals surface area contributed by atoms with Crippen molar-refractivity contribution in [3.63, 3.8) is 0 Å². The van der Waals surface area contributed by atoms with Crippen molar-refractivity contribution in [2.45, 2.75) is 63.1 Å². The lowest BCUT2D eigenvalue weighted by Crippen LogP contribution is -2.53. The van der Waals surface area contributed by atoms with Crippen LogP contribution in [-0.4, -0.2) is 38.1 Å². The summed E-state index contributed by atoms with van der Waals surface area (Å²) in [6, 6.07) is 12.5. The van der Waals surface area contributed by atoms with Gasteiger partial charge in [0.1, 0.15) is 0 Å². The molecule has 4 rings (SSSR count). The summed E-state index contributed by atoms with van der Waals surface area (Å²) in [6.07, 6.45) is 2.92. The average molecular weight is 455 g/mol. The molecule has 0 saturated heterocycles. The first-order chi connectivity index (χ1) is 15.1. The van der Waals surface area contributed by atoms with E-state index in [0.29, 0.717) is 11.4 Å². The molecule has 1 unspecified atom stereocenters. The molecule has 0 spiro atoms. The number of amides is 2. The smallest absolute Gasteiger partial charge is 0.230 e. The summed E-state index contributed by atoms with van der Waals surface area (Å²) < 4.78 is 24.9. The van der Waals surface area contributed by atoms with Gasteiger partial charge >= 0.3 is 0 Å². The van der Waals surface area contributed by atoms with Crippen LogP contribution in [-0.2, 0) is 19.4 Å². The van der Waals surface area contributed by atoms with E-state index in [1.807, 2.05) is 30.0 Å². The number of benzene rings is 2. The number of hydrogen-bond acceptors (Lipinski definition) is 4. The predicted octanol–water partition coefficient (Wildman–Crippen LogP) is 4.42. The molecule has 2 amide bonds. The van der Waals surface area contributed by atoms with E-state index in [-0.39, 0.29) is 23.8 Å². The van der Waals surface area contributed by atoms with Crippen molar-refractivity contribution < 1.29 is 18.0 Å². The monoisotopic (exact) mass is 454 g/mol. The predicted molar refractivity (Wildman–Crippen MR) is 127 cm³/mol. The van der Waals surface area contributed by atoms with Crippen molar-refractivity contribution in [2.75, 3.05) is 16.3 Å². The molecule has 1 fully saturated rings. The fourth-order valence-electron chi connectivity index (χ4n) is 4.48. The van der Waals surface area contributed by atoms with Crippen LogP contribution in [0.1, 0.15) is 47.0 Å². The number of sulfone groups is 1. The van der Waals surface area contributed by atoms with Crippen LogP contribution in [0.5, 0.6) is 0 Å². The number of fused-ring (bicyclic) bond motifs is 1. The Balaban J connectivity index is 1.75. The van der Waals surface area contributed by atoms with Crippen LogP contribution >= 0.6 is 0 Å². The van der Waals surface area contributed by atoms with E-state index in [4.69, 9.17) is 0 Å². The average Bonchev–Trinajstić information content (AvgIpc) is 2.71. The Morgan fingerprint density at radius 1 is 0.969 bits per heavy atom. The van der Waals surface area contributed by atoms with E-state index < -0.39 is 15.1 Å². The van der Waals surface area contributed by atoms with Crippen molar-refractivity contribution >= 4 is 33.0 Å². The third-order valence-electron chi connectivity index (χ3n) is 6.61. The highest BCUT2D eigenvalue weighted by atomic mass is 32.2. The Labute approximate surface area is 190 Å². The van der Waals surface area contributed by atoms with Gasteiger partial charge in [-0.25, -0.2) is 8.42 Å². The highest BCUT2D eigenvalue weighted by molar-refractivity contribution is 7.92. The van der Waals surface area contributed by atoms with Crippen LogP contribution in [0.3, 0.4) is 0 Å². The van der Waals surface area contributed by atoms with E-state index in [9.17, 15) is 18.0 Å². The fraction of sp³-hybridized carbons (Fsp3) is 0.440. The summed E-state index contributed by atoms with van der Waals surface area (Å²) in [5.41, 5.74) is 3.22. The van der Waals surface area contributed by atoms with Crippen molar-refractivity contribution in [2.24, 2.45) is 5.92 Å². The minimum absolute atomic E-state index is 0.0505. The molecule has 0 N–H and O–H groups in total. The maximum atomic E-state index is 13.2. The number of anilines is 2. The first kappa shape index (κ1) is 22.5. The van der Waals surface area contributed by atoms with Crippen LogP contribution < -0.4 is 9.80 Å². The minimum atomic E-state index is -3.34. The van der Waals surface area contributed by atoms with Gasteiger partial charge in [0.05, 0.1) is 27.6 Å². The maximum Gasteiger partial charge on any atom is 0.230 e. The lowest BCUT2D eigenvalue weighted by atomic mass is 9.84.